The highest BCUT2D eigenvalue weighted by molar-refractivity contribution is 5.84. The smallest absolute Gasteiger partial charge is 0.316 e. The molecule has 1 unspecified atom stereocenters. The van der Waals surface area contributed by atoms with E-state index >= 15 is 0 Å². The average Bonchev–Trinajstić information content (AvgIpc) is 2.90. The SMILES string of the molecule is CC1CC[C@@H](C(C)C)[C@H](O[C@@H]2OC(=O)[C@@H]3c4ccccc4N(C)C[C@H]23)C1. The summed E-state index contributed by atoms with van der Waals surface area (Å²) < 4.78 is 12.3. The minimum absolute atomic E-state index is 0.0763. The fraction of sp³-hybridized carbons (Fsp3) is 0.682. The lowest BCUT2D eigenvalue weighted by Crippen LogP contribution is -2.43. The minimum atomic E-state index is -0.417. The van der Waals surface area contributed by atoms with Gasteiger partial charge in [-0.25, -0.2) is 0 Å². The lowest BCUT2D eigenvalue weighted by atomic mass is 9.75. The Kier molecular flexibility index (Phi) is 4.72. The third kappa shape index (κ3) is 3.02. The molecular formula is C22H31NO3. The molecule has 3 aliphatic rings. The summed E-state index contributed by atoms with van der Waals surface area (Å²) in [6.07, 6.45) is 3.33. The van der Waals surface area contributed by atoms with Crippen LogP contribution in [0.2, 0.25) is 0 Å². The normalized spacial score (nSPS) is 36.7. The van der Waals surface area contributed by atoms with Crippen molar-refractivity contribution in [3.8, 4) is 0 Å². The van der Waals surface area contributed by atoms with Crippen molar-refractivity contribution in [2.75, 3.05) is 18.5 Å². The molecule has 2 heterocycles. The molecular weight excluding hydrogens is 326 g/mol. The summed E-state index contributed by atoms with van der Waals surface area (Å²) in [5.74, 6) is 1.59. The minimum Gasteiger partial charge on any atom is -0.435 e. The first-order chi connectivity index (χ1) is 12.5. The van der Waals surface area contributed by atoms with Crippen molar-refractivity contribution in [3.63, 3.8) is 0 Å². The number of hydrogen-bond acceptors (Lipinski definition) is 4. The van der Waals surface area contributed by atoms with Crippen molar-refractivity contribution in [1.29, 1.82) is 0 Å². The first kappa shape index (κ1) is 17.8. The van der Waals surface area contributed by atoms with E-state index in [-0.39, 0.29) is 23.9 Å². The summed E-state index contributed by atoms with van der Waals surface area (Å²) in [7, 11) is 2.09. The van der Waals surface area contributed by atoms with Gasteiger partial charge >= 0.3 is 5.97 Å². The van der Waals surface area contributed by atoms with Gasteiger partial charge in [0.05, 0.1) is 17.9 Å². The van der Waals surface area contributed by atoms with E-state index in [0.717, 1.165) is 24.2 Å². The van der Waals surface area contributed by atoms with E-state index in [9.17, 15) is 4.79 Å². The maximum absolute atomic E-state index is 12.7. The Balaban J connectivity index is 1.57. The van der Waals surface area contributed by atoms with Crippen LogP contribution in [0.4, 0.5) is 5.69 Å². The summed E-state index contributed by atoms with van der Waals surface area (Å²) in [5.41, 5.74) is 2.22. The number of nitrogens with zero attached hydrogens (tertiary/aromatic N) is 1. The molecule has 1 aromatic carbocycles. The monoisotopic (exact) mass is 357 g/mol. The predicted octanol–water partition coefficient (Wildman–Crippen LogP) is 4.20. The van der Waals surface area contributed by atoms with Gasteiger partial charge < -0.3 is 14.4 Å². The van der Waals surface area contributed by atoms with Crippen molar-refractivity contribution in [1.82, 2.24) is 0 Å². The van der Waals surface area contributed by atoms with Gasteiger partial charge in [-0.2, -0.15) is 0 Å². The van der Waals surface area contributed by atoms with Crippen LogP contribution >= 0.6 is 0 Å². The zero-order chi connectivity index (χ0) is 18.4. The molecule has 2 fully saturated rings. The molecule has 0 aromatic heterocycles. The summed E-state index contributed by atoms with van der Waals surface area (Å²) in [6, 6.07) is 8.19. The maximum Gasteiger partial charge on any atom is 0.316 e. The fourth-order valence-electron chi connectivity index (χ4n) is 5.24. The second-order valence-corrected chi connectivity index (χ2v) is 8.89. The highest BCUT2D eigenvalue weighted by Gasteiger charge is 2.51. The number of rotatable bonds is 3. The van der Waals surface area contributed by atoms with Crippen molar-refractivity contribution in [3.05, 3.63) is 29.8 Å². The Morgan fingerprint density at radius 2 is 2.00 bits per heavy atom. The fourth-order valence-corrected chi connectivity index (χ4v) is 5.24. The highest BCUT2D eigenvalue weighted by Crippen LogP contribution is 2.46. The number of anilines is 1. The molecule has 0 N–H and O–H groups in total. The van der Waals surface area contributed by atoms with E-state index in [0.29, 0.717) is 17.8 Å². The van der Waals surface area contributed by atoms with Gasteiger partial charge in [0, 0.05) is 19.3 Å². The molecule has 4 rings (SSSR count). The molecule has 0 bridgehead atoms. The Morgan fingerprint density at radius 1 is 1.23 bits per heavy atom. The van der Waals surface area contributed by atoms with Crippen LogP contribution in [0.25, 0.3) is 0 Å². The van der Waals surface area contributed by atoms with Gasteiger partial charge in [0.2, 0.25) is 6.29 Å². The van der Waals surface area contributed by atoms with Crippen molar-refractivity contribution >= 4 is 11.7 Å². The number of para-hydroxylation sites is 1. The zero-order valence-electron chi connectivity index (χ0n) is 16.4. The van der Waals surface area contributed by atoms with E-state index in [1.165, 1.54) is 12.8 Å². The van der Waals surface area contributed by atoms with Crippen molar-refractivity contribution in [2.24, 2.45) is 23.7 Å². The van der Waals surface area contributed by atoms with Crippen LogP contribution in [0.5, 0.6) is 0 Å². The van der Waals surface area contributed by atoms with Crippen LogP contribution in [-0.2, 0) is 14.3 Å². The van der Waals surface area contributed by atoms with Crippen LogP contribution in [0.3, 0.4) is 0 Å². The third-order valence-corrected chi connectivity index (χ3v) is 6.70. The van der Waals surface area contributed by atoms with E-state index in [1.54, 1.807) is 0 Å². The summed E-state index contributed by atoms with van der Waals surface area (Å²) in [6.45, 7) is 7.67. The molecule has 0 amide bonds. The number of carbonyl (C=O) groups is 1. The van der Waals surface area contributed by atoms with Gasteiger partial charge in [-0.15, -0.1) is 0 Å². The number of fused-ring (bicyclic) bond motifs is 3. The van der Waals surface area contributed by atoms with E-state index in [4.69, 9.17) is 9.47 Å². The Hall–Kier alpha value is -1.55. The van der Waals surface area contributed by atoms with Gasteiger partial charge in [0.15, 0.2) is 0 Å². The molecule has 1 saturated carbocycles. The molecule has 0 spiro atoms. The summed E-state index contributed by atoms with van der Waals surface area (Å²) in [5, 5.41) is 0. The van der Waals surface area contributed by atoms with Gasteiger partial charge in [0.1, 0.15) is 0 Å². The summed E-state index contributed by atoms with van der Waals surface area (Å²) >= 11 is 0. The maximum atomic E-state index is 12.7. The largest absolute Gasteiger partial charge is 0.435 e. The van der Waals surface area contributed by atoms with Gasteiger partial charge in [-0.05, 0) is 42.2 Å². The molecule has 1 saturated heterocycles. The van der Waals surface area contributed by atoms with E-state index in [2.05, 4.69) is 44.9 Å². The molecule has 1 aliphatic carbocycles. The lowest BCUT2D eigenvalue weighted by Gasteiger charge is -2.40. The van der Waals surface area contributed by atoms with E-state index in [1.807, 2.05) is 12.1 Å². The number of benzene rings is 1. The number of carbonyl (C=O) groups excluding carboxylic acids is 1. The van der Waals surface area contributed by atoms with Crippen LogP contribution < -0.4 is 4.90 Å². The first-order valence-corrected chi connectivity index (χ1v) is 10.1. The molecule has 1 aromatic rings. The zero-order valence-corrected chi connectivity index (χ0v) is 16.4. The van der Waals surface area contributed by atoms with Crippen LogP contribution in [0.15, 0.2) is 24.3 Å². The molecule has 0 radical (unpaired) electrons. The number of cyclic esters (lactones) is 1. The van der Waals surface area contributed by atoms with Crippen molar-refractivity contribution in [2.45, 2.75) is 58.3 Å². The lowest BCUT2D eigenvalue weighted by molar-refractivity contribution is -0.195. The van der Waals surface area contributed by atoms with Crippen LogP contribution in [0.1, 0.15) is 51.5 Å². The molecule has 4 heteroatoms. The first-order valence-electron chi connectivity index (χ1n) is 10.1. The second kappa shape index (κ2) is 6.88. The van der Waals surface area contributed by atoms with Crippen LogP contribution in [-0.4, -0.2) is 32.0 Å². The van der Waals surface area contributed by atoms with Gasteiger partial charge in [-0.1, -0.05) is 45.4 Å². The Bertz CT molecular complexity index is 673. The molecule has 2 aliphatic heterocycles. The second-order valence-electron chi connectivity index (χ2n) is 8.89. The predicted molar refractivity (Wildman–Crippen MR) is 102 cm³/mol. The van der Waals surface area contributed by atoms with Gasteiger partial charge in [-0.3, -0.25) is 4.79 Å². The van der Waals surface area contributed by atoms with Gasteiger partial charge in [0.25, 0.3) is 0 Å². The number of esters is 1. The van der Waals surface area contributed by atoms with Crippen LogP contribution in [0, 0.1) is 23.7 Å². The highest BCUT2D eigenvalue weighted by atomic mass is 16.7. The Labute approximate surface area is 156 Å². The Morgan fingerprint density at radius 3 is 2.77 bits per heavy atom. The molecule has 142 valence electrons. The quantitative estimate of drug-likeness (QED) is 0.760. The number of hydrogen-bond donors (Lipinski definition) is 0. The average molecular weight is 357 g/mol. The van der Waals surface area contributed by atoms with Crippen molar-refractivity contribution < 1.29 is 14.3 Å². The standard InChI is InChI=1S/C22H31NO3/c1-13(2)15-10-9-14(3)11-19(15)25-22-17-12-23(4)18-8-6-5-7-16(18)20(17)21(24)26-22/h5-8,13-15,17,19-20,22H,9-12H2,1-4H3/t14?,15-,17-,19+,20+,22+/m0/s1. The third-order valence-electron chi connectivity index (χ3n) is 6.70. The summed E-state index contributed by atoms with van der Waals surface area (Å²) in [4.78, 5) is 14.9. The van der Waals surface area contributed by atoms with E-state index < -0.39 is 6.29 Å². The molecule has 26 heavy (non-hydrogen) atoms. The topological polar surface area (TPSA) is 38.8 Å². The molecule has 6 atom stereocenters. The number of ether oxygens (including phenoxy) is 2. The molecule has 4 nitrogen and oxygen atoms in total.